The Morgan fingerprint density at radius 1 is 1.18 bits per heavy atom. The summed E-state index contributed by atoms with van der Waals surface area (Å²) in [4.78, 5) is 58.2. The van der Waals surface area contributed by atoms with Gasteiger partial charge in [0.1, 0.15) is 11.4 Å². The van der Waals surface area contributed by atoms with E-state index in [1.165, 1.54) is 0 Å². The molecule has 2 heterocycles. The third-order valence-corrected chi connectivity index (χ3v) is 8.39. The summed E-state index contributed by atoms with van der Waals surface area (Å²) in [5.41, 5.74) is -0.697. The van der Waals surface area contributed by atoms with Gasteiger partial charge in [0.25, 0.3) is 11.8 Å². The smallest absolute Gasteiger partial charge is 0.410 e. The van der Waals surface area contributed by atoms with Crippen molar-refractivity contribution in [3.8, 4) is 5.75 Å². The number of hydrogen-bond acceptors (Lipinski definition) is 6. The Balaban J connectivity index is 1.69. The van der Waals surface area contributed by atoms with E-state index in [1.54, 1.807) is 40.7 Å². The number of likely N-dealkylation sites (tertiary alicyclic amines) is 1. The largest absolute Gasteiger partial charge is 0.471 e. The fourth-order valence-corrected chi connectivity index (χ4v) is 6.09. The molecule has 2 aromatic rings. The van der Waals surface area contributed by atoms with Gasteiger partial charge in [-0.3, -0.25) is 14.4 Å². The van der Waals surface area contributed by atoms with Crippen molar-refractivity contribution in [3.05, 3.63) is 58.6 Å². The van der Waals surface area contributed by atoms with E-state index in [9.17, 15) is 19.2 Å². The number of nitrogens with one attached hydrogen (secondary N) is 1. The van der Waals surface area contributed by atoms with Crippen molar-refractivity contribution in [3.63, 3.8) is 0 Å². The molecule has 0 radical (unpaired) electrons. The topological polar surface area (TPSA) is 108 Å². The van der Waals surface area contributed by atoms with Crippen LogP contribution in [0.1, 0.15) is 83.7 Å². The van der Waals surface area contributed by atoms with E-state index in [-0.39, 0.29) is 53.5 Å². The number of carbonyl (C=O) groups excluding carboxylic acids is 4. The fraction of sp³-hybridized carbons (Fsp3) is 0.529. The van der Waals surface area contributed by atoms with Crippen LogP contribution >= 0.6 is 11.6 Å². The summed E-state index contributed by atoms with van der Waals surface area (Å²) in [6.45, 7) is 14.1. The first-order valence-electron chi connectivity index (χ1n) is 15.6. The van der Waals surface area contributed by atoms with Crippen LogP contribution in [-0.4, -0.2) is 77.5 Å². The molecule has 2 aliphatic rings. The highest BCUT2D eigenvalue weighted by atomic mass is 35.5. The predicted molar refractivity (Wildman–Crippen MR) is 174 cm³/mol. The van der Waals surface area contributed by atoms with Gasteiger partial charge in [0, 0.05) is 50.3 Å². The Bertz CT molecular complexity index is 1430. The van der Waals surface area contributed by atoms with Crippen molar-refractivity contribution in [1.29, 1.82) is 0 Å². The van der Waals surface area contributed by atoms with Crippen LogP contribution in [0, 0.1) is 0 Å². The fourth-order valence-electron chi connectivity index (χ4n) is 5.86. The van der Waals surface area contributed by atoms with Crippen LogP contribution in [-0.2, 0) is 19.9 Å². The van der Waals surface area contributed by atoms with Crippen molar-refractivity contribution in [2.75, 3.05) is 31.1 Å². The van der Waals surface area contributed by atoms with E-state index in [2.05, 4.69) is 5.32 Å². The number of carbonyl (C=O) groups is 4. The molecule has 1 unspecified atom stereocenters. The molecular formula is C34H45ClN4O6. The molecule has 244 valence electrons. The number of piperidine rings is 1. The number of fused-ring (bicyclic) bond motifs is 1. The minimum Gasteiger partial charge on any atom is -0.471 e. The SMILES string of the molecule is CCC(=O)NCCN1C(=O)C(C)(c2ccccc2)Oc2cc(Cl)c(C(=O)N(C(C)C)[C@@H]3CCCN(C(=O)OC(C)(C)C)C3)cc21. The van der Waals surface area contributed by atoms with E-state index >= 15 is 0 Å². The molecule has 1 N–H and O–H groups in total. The molecule has 11 heteroatoms. The minimum absolute atomic E-state index is 0.130. The summed E-state index contributed by atoms with van der Waals surface area (Å²) < 4.78 is 12.0. The number of hydrogen-bond donors (Lipinski definition) is 1. The zero-order chi connectivity index (χ0) is 33.1. The van der Waals surface area contributed by atoms with Gasteiger partial charge in [0.15, 0.2) is 0 Å². The van der Waals surface area contributed by atoms with E-state index in [4.69, 9.17) is 21.1 Å². The quantitative estimate of drug-likeness (QED) is 0.393. The molecule has 45 heavy (non-hydrogen) atoms. The molecular weight excluding hydrogens is 596 g/mol. The summed E-state index contributed by atoms with van der Waals surface area (Å²) in [5, 5.41) is 3.02. The molecule has 2 atom stereocenters. The molecule has 1 saturated heterocycles. The van der Waals surface area contributed by atoms with Gasteiger partial charge in [-0.25, -0.2) is 4.79 Å². The second kappa shape index (κ2) is 13.7. The number of amides is 4. The Morgan fingerprint density at radius 3 is 2.49 bits per heavy atom. The lowest BCUT2D eigenvalue weighted by Gasteiger charge is -2.43. The maximum absolute atomic E-state index is 14.3. The molecule has 4 amide bonds. The number of halogens is 1. The van der Waals surface area contributed by atoms with Crippen LogP contribution in [0.4, 0.5) is 10.5 Å². The highest BCUT2D eigenvalue weighted by Crippen LogP contribution is 2.45. The summed E-state index contributed by atoms with van der Waals surface area (Å²) >= 11 is 6.81. The minimum atomic E-state index is -1.35. The maximum atomic E-state index is 14.3. The highest BCUT2D eigenvalue weighted by Gasteiger charge is 2.47. The maximum Gasteiger partial charge on any atom is 0.410 e. The van der Waals surface area contributed by atoms with Gasteiger partial charge < -0.3 is 29.5 Å². The lowest BCUT2D eigenvalue weighted by atomic mass is 9.91. The van der Waals surface area contributed by atoms with Crippen molar-refractivity contribution < 1.29 is 28.7 Å². The molecule has 2 aromatic carbocycles. The number of rotatable bonds is 8. The first-order chi connectivity index (χ1) is 21.2. The van der Waals surface area contributed by atoms with Crippen molar-refractivity contribution in [1.82, 2.24) is 15.1 Å². The Kier molecular flexibility index (Phi) is 10.4. The number of nitrogens with zero attached hydrogens (tertiary/aromatic N) is 3. The van der Waals surface area contributed by atoms with Gasteiger partial charge in [-0.05, 0) is 60.5 Å². The van der Waals surface area contributed by atoms with Crippen LogP contribution in [0.5, 0.6) is 5.75 Å². The zero-order valence-corrected chi connectivity index (χ0v) is 28.1. The van der Waals surface area contributed by atoms with E-state index in [1.807, 2.05) is 65.0 Å². The van der Waals surface area contributed by atoms with Gasteiger partial charge in [0.2, 0.25) is 11.5 Å². The summed E-state index contributed by atoms with van der Waals surface area (Å²) in [7, 11) is 0. The highest BCUT2D eigenvalue weighted by molar-refractivity contribution is 6.34. The van der Waals surface area contributed by atoms with Crippen LogP contribution in [0.3, 0.4) is 0 Å². The Morgan fingerprint density at radius 2 is 1.87 bits per heavy atom. The average Bonchev–Trinajstić information content (AvgIpc) is 2.98. The molecule has 0 aromatic heterocycles. The van der Waals surface area contributed by atoms with Gasteiger partial charge >= 0.3 is 6.09 Å². The Labute approximate surface area is 271 Å². The first kappa shape index (κ1) is 34.1. The number of anilines is 1. The predicted octanol–water partition coefficient (Wildman–Crippen LogP) is 5.76. The van der Waals surface area contributed by atoms with Crippen molar-refractivity contribution in [2.24, 2.45) is 0 Å². The Hall–Kier alpha value is -3.79. The average molecular weight is 641 g/mol. The summed E-state index contributed by atoms with van der Waals surface area (Å²) in [5.74, 6) is -0.408. The van der Waals surface area contributed by atoms with Crippen molar-refractivity contribution in [2.45, 2.75) is 91.0 Å². The molecule has 10 nitrogen and oxygen atoms in total. The molecule has 0 saturated carbocycles. The van der Waals surface area contributed by atoms with E-state index in [0.29, 0.717) is 42.9 Å². The molecule has 1 fully saturated rings. The number of ether oxygens (including phenoxy) is 2. The molecule has 4 rings (SSSR count). The lowest BCUT2D eigenvalue weighted by Crippen LogP contribution is -2.55. The third kappa shape index (κ3) is 7.54. The molecule has 0 bridgehead atoms. The van der Waals surface area contributed by atoms with Gasteiger partial charge in [-0.2, -0.15) is 0 Å². The molecule has 0 aliphatic carbocycles. The molecule has 0 spiro atoms. The standard InChI is InChI=1S/C34H45ClN4O6/c1-8-29(40)36-16-18-38-27-19-25(26(35)20-28(27)44-34(7,31(38)42)23-13-10-9-11-14-23)30(41)39(22(2)3)24-15-12-17-37(21-24)32(43)45-33(4,5)6/h9-11,13-14,19-20,22,24H,8,12,15-18,21H2,1-7H3,(H,36,40)/t24-,34?/m1/s1. The van der Waals surface area contributed by atoms with E-state index < -0.39 is 17.3 Å². The van der Waals surface area contributed by atoms with Gasteiger partial charge in [-0.15, -0.1) is 0 Å². The van der Waals surface area contributed by atoms with Crippen LogP contribution in [0.2, 0.25) is 5.02 Å². The monoisotopic (exact) mass is 640 g/mol. The second-order valence-electron chi connectivity index (χ2n) is 13.0. The van der Waals surface area contributed by atoms with Crippen LogP contribution in [0.15, 0.2) is 42.5 Å². The zero-order valence-electron chi connectivity index (χ0n) is 27.3. The second-order valence-corrected chi connectivity index (χ2v) is 13.4. The van der Waals surface area contributed by atoms with Gasteiger partial charge in [0.05, 0.1) is 22.3 Å². The van der Waals surface area contributed by atoms with E-state index in [0.717, 1.165) is 6.42 Å². The molecule has 2 aliphatic heterocycles. The lowest BCUT2D eigenvalue weighted by molar-refractivity contribution is -0.135. The summed E-state index contributed by atoms with van der Waals surface area (Å²) in [6, 6.07) is 11.9. The van der Waals surface area contributed by atoms with Gasteiger partial charge in [-0.1, -0.05) is 48.9 Å². The summed E-state index contributed by atoms with van der Waals surface area (Å²) in [6.07, 6.45) is 1.35. The normalized spacial score (nSPS) is 19.9. The van der Waals surface area contributed by atoms with Crippen LogP contribution in [0.25, 0.3) is 0 Å². The third-order valence-electron chi connectivity index (χ3n) is 8.07. The van der Waals surface area contributed by atoms with Crippen LogP contribution < -0.4 is 15.0 Å². The first-order valence-corrected chi connectivity index (χ1v) is 16.0. The number of benzene rings is 2. The van der Waals surface area contributed by atoms with Crippen molar-refractivity contribution >= 4 is 41.1 Å².